The van der Waals surface area contributed by atoms with Crippen molar-refractivity contribution in [2.75, 3.05) is 12.4 Å². The van der Waals surface area contributed by atoms with Gasteiger partial charge >= 0.3 is 0 Å². The molecule has 96 valence electrons. The topological polar surface area (TPSA) is 46.2 Å². The van der Waals surface area contributed by atoms with Crippen LogP contribution in [0.5, 0.6) is 0 Å². The fraction of sp³-hybridized carbons (Fsp3) is 0.538. The van der Waals surface area contributed by atoms with Gasteiger partial charge in [0.25, 0.3) is 0 Å². The third-order valence-corrected chi connectivity index (χ3v) is 4.42. The SMILES string of the molecule is CCC(N)C(SCCCO)c1ccc(Cl)cc1. The van der Waals surface area contributed by atoms with E-state index in [-0.39, 0.29) is 17.9 Å². The Labute approximate surface area is 113 Å². The molecule has 0 aromatic heterocycles. The maximum Gasteiger partial charge on any atom is 0.0448 e. The van der Waals surface area contributed by atoms with Crippen LogP contribution in [0.25, 0.3) is 0 Å². The number of hydrogen-bond donors (Lipinski definition) is 2. The van der Waals surface area contributed by atoms with E-state index in [2.05, 4.69) is 6.92 Å². The summed E-state index contributed by atoms with van der Waals surface area (Å²) in [6.07, 6.45) is 1.75. The van der Waals surface area contributed by atoms with Crippen molar-refractivity contribution in [2.45, 2.75) is 31.1 Å². The van der Waals surface area contributed by atoms with Crippen molar-refractivity contribution in [3.05, 3.63) is 34.9 Å². The smallest absolute Gasteiger partial charge is 0.0448 e. The van der Waals surface area contributed by atoms with Crippen molar-refractivity contribution in [2.24, 2.45) is 5.73 Å². The first kappa shape index (κ1) is 14.8. The lowest BCUT2D eigenvalue weighted by Gasteiger charge is -2.23. The minimum Gasteiger partial charge on any atom is -0.396 e. The lowest BCUT2D eigenvalue weighted by molar-refractivity contribution is 0.296. The lowest BCUT2D eigenvalue weighted by Crippen LogP contribution is -2.26. The second-order valence-corrected chi connectivity index (χ2v) is 5.68. The number of aliphatic hydroxyl groups is 1. The normalized spacial score (nSPS) is 14.6. The third kappa shape index (κ3) is 4.88. The van der Waals surface area contributed by atoms with Crippen molar-refractivity contribution >= 4 is 23.4 Å². The van der Waals surface area contributed by atoms with Gasteiger partial charge in [0, 0.05) is 22.9 Å². The van der Waals surface area contributed by atoms with E-state index in [0.29, 0.717) is 0 Å². The van der Waals surface area contributed by atoms with Gasteiger partial charge in [0.2, 0.25) is 0 Å². The Morgan fingerprint density at radius 3 is 2.53 bits per heavy atom. The fourth-order valence-corrected chi connectivity index (χ4v) is 3.07. The highest BCUT2D eigenvalue weighted by Crippen LogP contribution is 2.33. The van der Waals surface area contributed by atoms with E-state index >= 15 is 0 Å². The lowest BCUT2D eigenvalue weighted by atomic mass is 10.0. The Hall–Kier alpha value is -0.220. The Morgan fingerprint density at radius 2 is 2.00 bits per heavy atom. The first-order chi connectivity index (χ1) is 8.19. The number of halogens is 1. The van der Waals surface area contributed by atoms with Crippen LogP contribution in [0.15, 0.2) is 24.3 Å². The first-order valence-corrected chi connectivity index (χ1v) is 7.35. The molecule has 17 heavy (non-hydrogen) atoms. The molecule has 0 aliphatic heterocycles. The molecular formula is C13H20ClNOS. The van der Waals surface area contributed by atoms with Gasteiger partial charge in [0.05, 0.1) is 0 Å². The molecule has 3 N–H and O–H groups in total. The molecule has 2 nitrogen and oxygen atoms in total. The summed E-state index contributed by atoms with van der Waals surface area (Å²) in [4.78, 5) is 0. The zero-order valence-electron chi connectivity index (χ0n) is 10.1. The van der Waals surface area contributed by atoms with Gasteiger partial charge in [0.15, 0.2) is 0 Å². The molecule has 0 saturated carbocycles. The quantitative estimate of drug-likeness (QED) is 0.750. The Balaban J connectivity index is 2.71. The van der Waals surface area contributed by atoms with Crippen LogP contribution in [-0.4, -0.2) is 23.5 Å². The molecule has 0 heterocycles. The van der Waals surface area contributed by atoms with Crippen LogP contribution in [-0.2, 0) is 0 Å². The van der Waals surface area contributed by atoms with Gasteiger partial charge in [-0.25, -0.2) is 0 Å². The van der Waals surface area contributed by atoms with Crippen molar-refractivity contribution < 1.29 is 5.11 Å². The monoisotopic (exact) mass is 273 g/mol. The van der Waals surface area contributed by atoms with E-state index in [1.54, 1.807) is 0 Å². The molecule has 2 atom stereocenters. The molecule has 1 aromatic rings. The van der Waals surface area contributed by atoms with E-state index in [1.165, 1.54) is 5.56 Å². The summed E-state index contributed by atoms with van der Waals surface area (Å²) in [5, 5.41) is 9.85. The van der Waals surface area contributed by atoms with Crippen LogP contribution < -0.4 is 5.73 Å². The molecule has 0 bridgehead atoms. The van der Waals surface area contributed by atoms with Gasteiger partial charge in [-0.15, -0.1) is 0 Å². The first-order valence-electron chi connectivity index (χ1n) is 5.92. The maximum absolute atomic E-state index is 8.82. The van der Waals surface area contributed by atoms with Gasteiger partial charge < -0.3 is 10.8 Å². The molecule has 0 fully saturated rings. The highest BCUT2D eigenvalue weighted by atomic mass is 35.5. The highest BCUT2D eigenvalue weighted by molar-refractivity contribution is 7.99. The Kier molecular flexibility index (Phi) is 6.97. The summed E-state index contributed by atoms with van der Waals surface area (Å²) < 4.78 is 0. The van der Waals surface area contributed by atoms with Gasteiger partial charge in [-0.2, -0.15) is 11.8 Å². The van der Waals surface area contributed by atoms with Crippen LogP contribution in [0.2, 0.25) is 5.02 Å². The predicted octanol–water partition coefficient (Wildman–Crippen LogP) is 3.23. The van der Waals surface area contributed by atoms with E-state index < -0.39 is 0 Å². The summed E-state index contributed by atoms with van der Waals surface area (Å²) in [5.41, 5.74) is 7.37. The number of nitrogens with two attached hydrogens (primary N) is 1. The average Bonchev–Trinajstić information content (AvgIpc) is 2.35. The van der Waals surface area contributed by atoms with Crippen LogP contribution in [0.3, 0.4) is 0 Å². The van der Waals surface area contributed by atoms with Crippen LogP contribution in [0, 0.1) is 0 Å². The summed E-state index contributed by atoms with van der Waals surface area (Å²) >= 11 is 7.70. The van der Waals surface area contributed by atoms with Crippen molar-refractivity contribution in [1.29, 1.82) is 0 Å². The molecule has 0 saturated heterocycles. The molecule has 4 heteroatoms. The Bertz CT molecular complexity index is 318. The minimum absolute atomic E-state index is 0.139. The van der Waals surface area contributed by atoms with E-state index in [4.69, 9.17) is 22.4 Å². The second-order valence-electron chi connectivity index (χ2n) is 3.99. The number of aliphatic hydroxyl groups excluding tert-OH is 1. The number of hydrogen-bond acceptors (Lipinski definition) is 3. The van der Waals surface area contributed by atoms with Crippen molar-refractivity contribution in [1.82, 2.24) is 0 Å². The maximum atomic E-state index is 8.82. The Morgan fingerprint density at radius 1 is 1.35 bits per heavy atom. The summed E-state index contributed by atoms with van der Waals surface area (Å²) in [5.74, 6) is 0.928. The average molecular weight is 274 g/mol. The molecule has 1 rings (SSSR count). The molecule has 0 aliphatic carbocycles. The van der Waals surface area contributed by atoms with Crippen molar-refractivity contribution in [3.8, 4) is 0 Å². The fourth-order valence-electron chi connectivity index (χ4n) is 1.61. The van der Waals surface area contributed by atoms with Gasteiger partial charge in [0.1, 0.15) is 0 Å². The van der Waals surface area contributed by atoms with E-state index in [0.717, 1.165) is 23.6 Å². The molecule has 0 spiro atoms. The largest absolute Gasteiger partial charge is 0.396 e. The number of benzene rings is 1. The number of thioether (sulfide) groups is 1. The van der Waals surface area contributed by atoms with E-state index in [1.807, 2.05) is 36.0 Å². The molecule has 0 amide bonds. The van der Waals surface area contributed by atoms with Crippen LogP contribution in [0.4, 0.5) is 0 Å². The third-order valence-electron chi connectivity index (χ3n) is 2.66. The number of rotatable bonds is 7. The van der Waals surface area contributed by atoms with Gasteiger partial charge in [-0.05, 0) is 36.3 Å². The standard InChI is InChI=1S/C13H20ClNOS/c1-2-12(15)13(17-9-3-8-16)10-4-6-11(14)7-5-10/h4-7,12-13,16H,2-3,8-9,15H2,1H3. The second kappa shape index (κ2) is 7.98. The van der Waals surface area contributed by atoms with Gasteiger partial charge in [-0.3, -0.25) is 0 Å². The summed E-state index contributed by atoms with van der Waals surface area (Å²) in [7, 11) is 0. The molecule has 0 aliphatic rings. The zero-order valence-corrected chi connectivity index (χ0v) is 11.7. The molecular weight excluding hydrogens is 254 g/mol. The van der Waals surface area contributed by atoms with Gasteiger partial charge in [-0.1, -0.05) is 30.7 Å². The molecule has 1 aromatic carbocycles. The van der Waals surface area contributed by atoms with Crippen LogP contribution >= 0.6 is 23.4 Å². The van der Waals surface area contributed by atoms with E-state index in [9.17, 15) is 0 Å². The molecule has 0 radical (unpaired) electrons. The minimum atomic E-state index is 0.139. The van der Waals surface area contributed by atoms with Crippen molar-refractivity contribution in [3.63, 3.8) is 0 Å². The zero-order chi connectivity index (χ0) is 12.7. The van der Waals surface area contributed by atoms with Crippen LogP contribution in [0.1, 0.15) is 30.6 Å². The highest BCUT2D eigenvalue weighted by Gasteiger charge is 2.18. The summed E-state index contributed by atoms with van der Waals surface area (Å²) in [6.45, 7) is 2.34. The predicted molar refractivity (Wildman–Crippen MR) is 76.6 cm³/mol. The molecule has 2 unspecified atom stereocenters. The summed E-state index contributed by atoms with van der Waals surface area (Å²) in [6, 6.07) is 8.01.